The van der Waals surface area contributed by atoms with E-state index in [1.165, 1.54) is 17.0 Å². The Morgan fingerprint density at radius 3 is 2.70 bits per heavy atom. The number of aliphatic carboxylic acids is 1. The van der Waals surface area contributed by atoms with Gasteiger partial charge in [-0.05, 0) is 24.1 Å². The number of hydrogen-bond acceptors (Lipinski definition) is 3. The monoisotopic (exact) mass is 293 g/mol. The van der Waals surface area contributed by atoms with Crippen molar-refractivity contribution < 1.29 is 14.3 Å². The highest BCUT2D eigenvalue weighted by Crippen LogP contribution is 2.40. The van der Waals surface area contributed by atoms with Crippen LogP contribution in [0.4, 0.5) is 4.39 Å². The normalized spacial score (nSPS) is 23.4. The van der Waals surface area contributed by atoms with Crippen LogP contribution in [0.1, 0.15) is 12.0 Å². The molecule has 1 atom stereocenters. The van der Waals surface area contributed by atoms with E-state index in [1.54, 1.807) is 23.9 Å². The van der Waals surface area contributed by atoms with Gasteiger partial charge in [-0.1, -0.05) is 18.2 Å². The first-order valence-corrected chi connectivity index (χ1v) is 7.57. The second-order valence-corrected chi connectivity index (χ2v) is 6.65. The lowest BCUT2D eigenvalue weighted by molar-refractivity contribution is -0.147. The van der Waals surface area contributed by atoms with Gasteiger partial charge in [-0.25, -0.2) is 4.39 Å². The minimum atomic E-state index is -0.689. The van der Waals surface area contributed by atoms with Crippen LogP contribution in [0.2, 0.25) is 0 Å². The van der Waals surface area contributed by atoms with Gasteiger partial charge in [0.05, 0.1) is 5.92 Å². The summed E-state index contributed by atoms with van der Waals surface area (Å²) < 4.78 is 12.9. The van der Waals surface area contributed by atoms with E-state index >= 15 is 0 Å². The van der Waals surface area contributed by atoms with E-state index in [0.717, 1.165) is 18.5 Å². The van der Waals surface area contributed by atoms with E-state index in [2.05, 4.69) is 11.0 Å². The molecule has 5 heteroatoms. The molecule has 0 saturated carbocycles. The number of nitrogens with zero attached hydrogens (tertiary/aromatic N) is 1. The first kappa shape index (κ1) is 13.6. The maximum Gasteiger partial charge on any atom is 0.309 e. The van der Waals surface area contributed by atoms with Crippen molar-refractivity contribution in [1.82, 2.24) is 4.90 Å². The molecule has 2 heterocycles. The van der Waals surface area contributed by atoms with Crippen molar-refractivity contribution in [1.29, 1.82) is 0 Å². The van der Waals surface area contributed by atoms with E-state index < -0.39 is 5.97 Å². The zero-order valence-electron chi connectivity index (χ0n) is 11.0. The molecule has 1 fully saturated rings. The number of benzene rings is 1. The zero-order valence-corrected chi connectivity index (χ0v) is 11.8. The van der Waals surface area contributed by atoms with Crippen LogP contribution >= 0.6 is 11.8 Å². The van der Waals surface area contributed by atoms with Crippen LogP contribution in [0.25, 0.3) is 4.91 Å². The third-order valence-corrected chi connectivity index (χ3v) is 5.09. The number of carboxylic acids is 1. The van der Waals surface area contributed by atoms with Crippen molar-refractivity contribution in [3.63, 3.8) is 0 Å². The summed E-state index contributed by atoms with van der Waals surface area (Å²) in [6.45, 7) is 2.26. The van der Waals surface area contributed by atoms with Gasteiger partial charge in [0.15, 0.2) is 0 Å². The second-order valence-electron chi connectivity index (χ2n) is 5.30. The second kappa shape index (κ2) is 5.58. The molecule has 20 heavy (non-hydrogen) atoms. The highest BCUT2D eigenvalue weighted by atomic mass is 32.2. The average Bonchev–Trinajstić information content (AvgIpc) is 2.82. The number of rotatable bonds is 4. The molecule has 0 spiro atoms. The minimum Gasteiger partial charge on any atom is -0.481 e. The summed E-state index contributed by atoms with van der Waals surface area (Å²) in [6, 6.07) is 6.58. The highest BCUT2D eigenvalue weighted by molar-refractivity contribution is 8.09. The van der Waals surface area contributed by atoms with Crippen LogP contribution in [0.15, 0.2) is 30.3 Å². The molecule has 3 nitrogen and oxygen atoms in total. The summed E-state index contributed by atoms with van der Waals surface area (Å²) in [7, 11) is 0. The van der Waals surface area contributed by atoms with Crippen LogP contribution in [-0.2, 0) is 4.79 Å². The summed E-state index contributed by atoms with van der Waals surface area (Å²) >= 11 is 1.81. The number of hydrogen-bond donors (Lipinski definition) is 1. The third kappa shape index (κ3) is 2.88. The maximum absolute atomic E-state index is 12.9. The predicted molar refractivity (Wildman–Crippen MR) is 77.9 cm³/mol. The first-order chi connectivity index (χ1) is 9.61. The standard InChI is InChI=1S/C15H16FNO2S/c16-12-3-1-10(2-4-12)14-6-5-13(20-14)9-17-7-11(8-17)15(18)19/h1-4,6,11,13H,5,7-9H2,(H,18,19). The van der Waals surface area contributed by atoms with Crippen molar-refractivity contribution in [2.24, 2.45) is 5.92 Å². The summed E-state index contributed by atoms with van der Waals surface area (Å²) in [4.78, 5) is 14.1. The van der Waals surface area contributed by atoms with Crippen molar-refractivity contribution >= 4 is 22.6 Å². The fourth-order valence-corrected chi connectivity index (χ4v) is 3.89. The first-order valence-electron chi connectivity index (χ1n) is 6.70. The molecule has 1 aromatic carbocycles. The van der Waals surface area contributed by atoms with Crippen LogP contribution in [0.3, 0.4) is 0 Å². The number of allylic oxidation sites excluding steroid dienone is 1. The predicted octanol–water partition coefficient (Wildman–Crippen LogP) is 2.69. The van der Waals surface area contributed by atoms with E-state index in [-0.39, 0.29) is 11.7 Å². The smallest absolute Gasteiger partial charge is 0.309 e. The Balaban J connectivity index is 1.50. The molecule has 1 unspecified atom stereocenters. The topological polar surface area (TPSA) is 40.5 Å². The fraction of sp³-hybridized carbons (Fsp3) is 0.400. The van der Waals surface area contributed by atoms with Gasteiger partial charge in [0, 0.05) is 29.8 Å². The SMILES string of the molecule is O=C(O)C1CN(CC2CC=C(c3ccc(F)cc3)S2)C1. The molecular formula is C15H16FNO2S. The maximum atomic E-state index is 12.9. The number of thioether (sulfide) groups is 1. The summed E-state index contributed by atoms with van der Waals surface area (Å²) in [5.74, 6) is -1.09. The van der Waals surface area contributed by atoms with Gasteiger partial charge in [-0.3, -0.25) is 4.79 Å². The highest BCUT2D eigenvalue weighted by Gasteiger charge is 2.34. The van der Waals surface area contributed by atoms with E-state index in [1.807, 2.05) is 0 Å². The Hall–Kier alpha value is -1.33. The van der Waals surface area contributed by atoms with E-state index in [0.29, 0.717) is 18.3 Å². The fourth-order valence-electron chi connectivity index (χ4n) is 2.59. The molecule has 0 amide bonds. The quantitative estimate of drug-likeness (QED) is 0.926. The van der Waals surface area contributed by atoms with Gasteiger partial charge >= 0.3 is 5.97 Å². The van der Waals surface area contributed by atoms with Crippen LogP contribution in [0.5, 0.6) is 0 Å². The van der Waals surface area contributed by atoms with Gasteiger partial charge in [0.25, 0.3) is 0 Å². The largest absolute Gasteiger partial charge is 0.481 e. The van der Waals surface area contributed by atoms with Crippen molar-refractivity contribution in [3.05, 3.63) is 41.7 Å². The van der Waals surface area contributed by atoms with Crippen molar-refractivity contribution in [2.45, 2.75) is 11.7 Å². The summed E-state index contributed by atoms with van der Waals surface area (Å²) in [6.07, 6.45) is 3.18. The number of carbonyl (C=O) groups is 1. The molecular weight excluding hydrogens is 277 g/mol. The Labute approximate surface area is 121 Å². The summed E-state index contributed by atoms with van der Waals surface area (Å²) in [5.41, 5.74) is 1.06. The number of likely N-dealkylation sites (tertiary alicyclic amines) is 1. The Morgan fingerprint density at radius 1 is 1.35 bits per heavy atom. The molecule has 1 N–H and O–H groups in total. The number of carboxylic acid groups (broad SMARTS) is 1. The Morgan fingerprint density at radius 2 is 2.05 bits per heavy atom. The summed E-state index contributed by atoms with van der Waals surface area (Å²) in [5, 5.41) is 9.33. The van der Waals surface area contributed by atoms with E-state index in [4.69, 9.17) is 5.11 Å². The molecule has 3 rings (SSSR count). The lowest BCUT2D eigenvalue weighted by Crippen LogP contribution is -2.52. The van der Waals surface area contributed by atoms with Gasteiger partial charge in [-0.2, -0.15) is 0 Å². The molecule has 2 aliphatic rings. The van der Waals surface area contributed by atoms with Gasteiger partial charge in [0.2, 0.25) is 0 Å². The molecule has 0 aliphatic carbocycles. The average molecular weight is 293 g/mol. The Bertz CT molecular complexity index is 537. The van der Waals surface area contributed by atoms with Gasteiger partial charge < -0.3 is 10.0 Å². The molecule has 1 saturated heterocycles. The third-order valence-electron chi connectivity index (χ3n) is 3.76. The van der Waals surface area contributed by atoms with Crippen LogP contribution in [-0.4, -0.2) is 40.9 Å². The molecule has 0 radical (unpaired) electrons. The minimum absolute atomic E-state index is 0.189. The lowest BCUT2D eigenvalue weighted by atomic mass is 10.0. The molecule has 0 aromatic heterocycles. The molecule has 1 aromatic rings. The van der Waals surface area contributed by atoms with Crippen molar-refractivity contribution in [2.75, 3.05) is 19.6 Å². The van der Waals surface area contributed by atoms with Crippen LogP contribution in [0, 0.1) is 11.7 Å². The molecule has 0 bridgehead atoms. The molecule has 106 valence electrons. The van der Waals surface area contributed by atoms with E-state index in [9.17, 15) is 9.18 Å². The van der Waals surface area contributed by atoms with Crippen LogP contribution < -0.4 is 0 Å². The Kier molecular flexibility index (Phi) is 3.81. The molecule has 2 aliphatic heterocycles. The lowest BCUT2D eigenvalue weighted by Gasteiger charge is -2.38. The van der Waals surface area contributed by atoms with Gasteiger partial charge in [-0.15, -0.1) is 11.8 Å². The number of halogens is 1. The van der Waals surface area contributed by atoms with Crippen molar-refractivity contribution in [3.8, 4) is 0 Å². The van der Waals surface area contributed by atoms with Gasteiger partial charge in [0.1, 0.15) is 5.82 Å². The zero-order chi connectivity index (χ0) is 14.1.